The predicted octanol–water partition coefficient (Wildman–Crippen LogP) is 2.70. The minimum Gasteiger partial charge on any atom is -0.378 e. The van der Waals surface area contributed by atoms with Gasteiger partial charge in [-0.3, -0.25) is 9.59 Å². The molecule has 0 spiro atoms. The highest BCUT2D eigenvalue weighted by atomic mass is 32.1. The highest BCUT2D eigenvalue weighted by molar-refractivity contribution is 7.10. The van der Waals surface area contributed by atoms with E-state index in [2.05, 4.69) is 20.3 Å². The van der Waals surface area contributed by atoms with Crippen molar-refractivity contribution in [1.82, 2.24) is 4.37 Å². The average molecular weight is 304 g/mol. The molecule has 7 heteroatoms. The maximum absolute atomic E-state index is 12.3. The van der Waals surface area contributed by atoms with E-state index in [-0.39, 0.29) is 11.8 Å². The lowest BCUT2D eigenvalue weighted by Gasteiger charge is -2.08. The first-order valence-corrected chi connectivity index (χ1v) is 7.11. The van der Waals surface area contributed by atoms with Crippen LogP contribution in [0.5, 0.6) is 0 Å². The average Bonchev–Trinajstić information content (AvgIpc) is 2.81. The number of carbonyl (C=O) groups excluding carboxylic acids is 2. The molecule has 1 heterocycles. The molecule has 3 N–H and O–H groups in total. The quantitative estimate of drug-likeness (QED) is 0.811. The third-order valence-electron chi connectivity index (χ3n) is 2.78. The van der Waals surface area contributed by atoms with Crippen LogP contribution in [0.25, 0.3) is 0 Å². The molecule has 6 nitrogen and oxygen atoms in total. The zero-order chi connectivity index (χ0) is 15.4. The van der Waals surface area contributed by atoms with Crippen molar-refractivity contribution < 1.29 is 9.59 Å². The van der Waals surface area contributed by atoms with Crippen LogP contribution in [-0.2, 0) is 4.79 Å². The lowest BCUT2D eigenvalue weighted by Crippen LogP contribution is -2.14. The summed E-state index contributed by atoms with van der Waals surface area (Å²) in [6, 6.07) is 6.93. The number of benzene rings is 1. The normalized spacial score (nSPS) is 10.0. The molecule has 0 unspecified atom stereocenters. The van der Waals surface area contributed by atoms with Gasteiger partial charge in [0.05, 0.1) is 11.3 Å². The number of amides is 2. The molecule has 2 aromatic rings. The first-order chi connectivity index (χ1) is 10.0. The largest absolute Gasteiger partial charge is 0.378 e. The van der Waals surface area contributed by atoms with Crippen LogP contribution in [0, 0.1) is 6.92 Å². The van der Waals surface area contributed by atoms with E-state index >= 15 is 0 Å². The number of anilines is 3. The molecule has 1 aromatic carbocycles. The Hall–Kier alpha value is -2.41. The fourth-order valence-electron chi connectivity index (χ4n) is 1.84. The molecule has 0 saturated heterocycles. The maximum atomic E-state index is 12.3. The van der Waals surface area contributed by atoms with Crippen molar-refractivity contribution in [2.24, 2.45) is 0 Å². The van der Waals surface area contributed by atoms with Gasteiger partial charge >= 0.3 is 0 Å². The molecule has 0 aliphatic heterocycles. The van der Waals surface area contributed by atoms with Crippen molar-refractivity contribution in [1.29, 1.82) is 0 Å². The van der Waals surface area contributed by atoms with E-state index in [1.807, 2.05) is 0 Å². The summed E-state index contributed by atoms with van der Waals surface area (Å²) in [5.74, 6) is -0.344. The smallest absolute Gasteiger partial charge is 0.260 e. The summed E-state index contributed by atoms with van der Waals surface area (Å²) >= 11 is 1.25. The molecular weight excluding hydrogens is 288 g/mol. The number of hydrogen-bond acceptors (Lipinski definition) is 5. The number of aryl methyl sites for hydroxylation is 1. The molecule has 110 valence electrons. The van der Waals surface area contributed by atoms with Gasteiger partial charge in [-0.2, -0.15) is 4.37 Å². The summed E-state index contributed by atoms with van der Waals surface area (Å²) in [5, 5.41) is 9.18. The Morgan fingerprint density at radius 3 is 2.19 bits per heavy atom. The molecule has 0 aliphatic rings. The number of aromatic nitrogens is 1. The standard InChI is InChI=1S/C14H16N4O2S/c1-8-12(14(15-3)21-18-8)13(20)17-11-6-4-10(5-7-11)16-9(2)19/h4-7,15H,1-3H3,(H,16,19)(H,17,20). The Kier molecular flexibility index (Phi) is 4.54. The van der Waals surface area contributed by atoms with Gasteiger partial charge in [-0.05, 0) is 42.7 Å². The van der Waals surface area contributed by atoms with Gasteiger partial charge in [-0.25, -0.2) is 0 Å². The van der Waals surface area contributed by atoms with E-state index in [4.69, 9.17) is 0 Å². The van der Waals surface area contributed by atoms with Crippen molar-refractivity contribution in [2.45, 2.75) is 13.8 Å². The molecule has 0 fully saturated rings. The van der Waals surface area contributed by atoms with E-state index in [1.54, 1.807) is 38.2 Å². The fraction of sp³-hybridized carbons (Fsp3) is 0.214. The van der Waals surface area contributed by atoms with Gasteiger partial charge < -0.3 is 16.0 Å². The van der Waals surface area contributed by atoms with Gasteiger partial charge in [-0.1, -0.05) is 0 Å². The van der Waals surface area contributed by atoms with E-state index in [0.717, 1.165) is 5.00 Å². The van der Waals surface area contributed by atoms with Crippen LogP contribution in [-0.4, -0.2) is 23.2 Å². The Morgan fingerprint density at radius 1 is 1.10 bits per heavy atom. The molecule has 0 atom stereocenters. The van der Waals surface area contributed by atoms with Crippen LogP contribution in [0.15, 0.2) is 24.3 Å². The lowest BCUT2D eigenvalue weighted by molar-refractivity contribution is -0.114. The second-order valence-corrected chi connectivity index (χ2v) is 5.21. The van der Waals surface area contributed by atoms with E-state index < -0.39 is 0 Å². The van der Waals surface area contributed by atoms with Crippen LogP contribution in [0.3, 0.4) is 0 Å². The predicted molar refractivity (Wildman–Crippen MR) is 85.1 cm³/mol. The van der Waals surface area contributed by atoms with Crippen molar-refractivity contribution in [2.75, 3.05) is 23.0 Å². The van der Waals surface area contributed by atoms with E-state index in [0.29, 0.717) is 22.6 Å². The molecule has 0 saturated carbocycles. The summed E-state index contributed by atoms with van der Waals surface area (Å²) in [6.45, 7) is 3.24. The number of rotatable bonds is 4. The monoisotopic (exact) mass is 304 g/mol. The molecule has 0 radical (unpaired) electrons. The van der Waals surface area contributed by atoms with Crippen LogP contribution in [0.4, 0.5) is 16.4 Å². The SMILES string of the molecule is CNc1snc(C)c1C(=O)Nc1ccc(NC(C)=O)cc1. The summed E-state index contributed by atoms with van der Waals surface area (Å²) in [6.07, 6.45) is 0. The third kappa shape index (κ3) is 3.57. The third-order valence-corrected chi connectivity index (χ3v) is 3.74. The Morgan fingerprint density at radius 2 is 1.67 bits per heavy atom. The highest BCUT2D eigenvalue weighted by Gasteiger charge is 2.17. The van der Waals surface area contributed by atoms with Gasteiger partial charge in [0.2, 0.25) is 5.91 Å². The summed E-state index contributed by atoms with van der Waals surface area (Å²) in [4.78, 5) is 23.2. The van der Waals surface area contributed by atoms with Crippen LogP contribution >= 0.6 is 11.5 Å². The summed E-state index contributed by atoms with van der Waals surface area (Å²) in [7, 11) is 1.76. The second kappa shape index (κ2) is 6.36. The minimum absolute atomic E-state index is 0.134. The molecule has 0 aliphatic carbocycles. The van der Waals surface area contributed by atoms with Crippen molar-refractivity contribution in [3.8, 4) is 0 Å². The highest BCUT2D eigenvalue weighted by Crippen LogP contribution is 2.25. The molecule has 1 aromatic heterocycles. The Bertz CT molecular complexity index is 664. The van der Waals surface area contributed by atoms with E-state index in [1.165, 1.54) is 18.5 Å². The number of carbonyl (C=O) groups is 2. The van der Waals surface area contributed by atoms with Crippen LogP contribution < -0.4 is 16.0 Å². The van der Waals surface area contributed by atoms with Gasteiger partial charge in [-0.15, -0.1) is 0 Å². The first kappa shape index (κ1) is 15.0. The number of nitrogens with zero attached hydrogens (tertiary/aromatic N) is 1. The van der Waals surface area contributed by atoms with Gasteiger partial charge in [0.15, 0.2) is 0 Å². The number of nitrogens with one attached hydrogen (secondary N) is 3. The Balaban J connectivity index is 2.12. The zero-order valence-corrected chi connectivity index (χ0v) is 12.8. The molecule has 0 bridgehead atoms. The second-order valence-electron chi connectivity index (χ2n) is 4.43. The summed E-state index contributed by atoms with van der Waals surface area (Å²) < 4.78 is 4.17. The first-order valence-electron chi connectivity index (χ1n) is 6.34. The van der Waals surface area contributed by atoms with Crippen molar-refractivity contribution in [3.63, 3.8) is 0 Å². The van der Waals surface area contributed by atoms with E-state index in [9.17, 15) is 9.59 Å². The van der Waals surface area contributed by atoms with Crippen molar-refractivity contribution >= 4 is 39.7 Å². The fourth-order valence-corrected chi connectivity index (χ4v) is 2.58. The molecule has 21 heavy (non-hydrogen) atoms. The van der Waals surface area contributed by atoms with Crippen molar-refractivity contribution in [3.05, 3.63) is 35.5 Å². The maximum Gasteiger partial charge on any atom is 0.260 e. The molecular formula is C14H16N4O2S. The van der Waals surface area contributed by atoms with Gasteiger partial charge in [0, 0.05) is 25.3 Å². The van der Waals surface area contributed by atoms with Gasteiger partial charge in [0.25, 0.3) is 5.91 Å². The van der Waals surface area contributed by atoms with Crippen LogP contribution in [0.1, 0.15) is 23.0 Å². The van der Waals surface area contributed by atoms with Gasteiger partial charge in [0.1, 0.15) is 5.00 Å². The Labute approximate surface area is 126 Å². The minimum atomic E-state index is -0.210. The zero-order valence-electron chi connectivity index (χ0n) is 12.0. The molecule has 2 amide bonds. The topological polar surface area (TPSA) is 83.1 Å². The number of hydrogen-bond donors (Lipinski definition) is 3. The molecule has 2 rings (SSSR count). The lowest BCUT2D eigenvalue weighted by atomic mass is 10.2. The van der Waals surface area contributed by atoms with Crippen LogP contribution in [0.2, 0.25) is 0 Å². The summed E-state index contributed by atoms with van der Waals surface area (Å²) in [5.41, 5.74) is 2.58.